The first-order chi connectivity index (χ1) is 14.8. The molecule has 2 aromatic heterocycles. The van der Waals surface area contributed by atoms with Crippen LogP contribution in [-0.2, 0) is 9.59 Å². The molecule has 3 heterocycles. The Labute approximate surface area is 186 Å². The first-order valence-corrected chi connectivity index (χ1v) is 10.3. The number of aryl methyl sites for hydroxylation is 3. The van der Waals surface area contributed by atoms with Crippen LogP contribution in [0.4, 0.5) is 5.69 Å². The topological polar surface area (TPSA) is 67.2 Å². The summed E-state index contributed by atoms with van der Waals surface area (Å²) < 4.78 is 2.04. The Kier molecular flexibility index (Phi) is 5.29. The quantitative estimate of drug-likeness (QED) is 0.388. The van der Waals surface area contributed by atoms with Crippen molar-refractivity contribution in [3.05, 3.63) is 82.4 Å². The maximum atomic E-state index is 13.4. The second kappa shape index (κ2) is 7.92. The lowest BCUT2D eigenvalue weighted by atomic mass is 10.0. The van der Waals surface area contributed by atoms with Gasteiger partial charge in [0.1, 0.15) is 5.57 Å². The average molecular weight is 431 g/mol. The molecule has 4 rings (SSSR count). The van der Waals surface area contributed by atoms with Crippen LogP contribution in [0.2, 0.25) is 0 Å². The van der Waals surface area contributed by atoms with Gasteiger partial charge >= 0.3 is 0 Å². The fraction of sp³-hybridized carbons (Fsp3) is 0.167. The Morgan fingerprint density at radius 1 is 1.06 bits per heavy atom. The minimum Gasteiger partial charge on any atom is -0.316 e. The Morgan fingerprint density at radius 2 is 1.84 bits per heavy atom. The van der Waals surface area contributed by atoms with E-state index in [4.69, 9.17) is 12.2 Å². The summed E-state index contributed by atoms with van der Waals surface area (Å²) in [6, 6.07) is 11.6. The molecule has 0 radical (unpaired) electrons. The molecule has 0 aliphatic carbocycles. The first-order valence-electron chi connectivity index (χ1n) is 9.86. The summed E-state index contributed by atoms with van der Waals surface area (Å²) in [7, 11) is 0. The minimum atomic E-state index is -0.497. The summed E-state index contributed by atoms with van der Waals surface area (Å²) in [4.78, 5) is 31.6. The van der Waals surface area contributed by atoms with Crippen LogP contribution < -0.4 is 10.2 Å². The Hall–Kier alpha value is -3.58. The maximum Gasteiger partial charge on any atom is 0.270 e. The molecule has 1 aromatic carbocycles. The Morgan fingerprint density at radius 3 is 2.55 bits per heavy atom. The van der Waals surface area contributed by atoms with Crippen molar-refractivity contribution in [2.45, 2.75) is 27.7 Å². The predicted octanol–water partition coefficient (Wildman–Crippen LogP) is 3.94. The van der Waals surface area contributed by atoms with Crippen molar-refractivity contribution < 1.29 is 9.59 Å². The largest absolute Gasteiger partial charge is 0.316 e. The van der Waals surface area contributed by atoms with Crippen LogP contribution in [0, 0.1) is 27.7 Å². The van der Waals surface area contributed by atoms with Gasteiger partial charge in [-0.3, -0.25) is 24.8 Å². The predicted molar refractivity (Wildman–Crippen MR) is 125 cm³/mol. The Bertz CT molecular complexity index is 1260. The number of anilines is 1. The van der Waals surface area contributed by atoms with Crippen molar-refractivity contribution in [3.8, 4) is 5.69 Å². The van der Waals surface area contributed by atoms with E-state index < -0.39 is 11.8 Å². The highest BCUT2D eigenvalue weighted by molar-refractivity contribution is 7.80. The summed E-state index contributed by atoms with van der Waals surface area (Å²) in [5.41, 5.74) is 6.19. The van der Waals surface area contributed by atoms with E-state index in [-0.39, 0.29) is 10.7 Å². The molecular formula is C24H22N4O2S. The lowest BCUT2D eigenvalue weighted by Crippen LogP contribution is -2.54. The molecule has 31 heavy (non-hydrogen) atoms. The van der Waals surface area contributed by atoms with E-state index in [2.05, 4.69) is 10.3 Å². The molecular weight excluding hydrogens is 408 g/mol. The molecule has 6 nitrogen and oxygen atoms in total. The van der Waals surface area contributed by atoms with Gasteiger partial charge in [-0.25, -0.2) is 0 Å². The number of hydrogen-bond acceptors (Lipinski definition) is 4. The Balaban J connectivity index is 1.79. The maximum absolute atomic E-state index is 13.4. The normalized spacial score (nSPS) is 15.5. The summed E-state index contributed by atoms with van der Waals surface area (Å²) in [6.07, 6.45) is 5.12. The minimum absolute atomic E-state index is 0.0425. The molecule has 0 spiro atoms. The number of nitrogens with zero attached hydrogens (tertiary/aromatic N) is 3. The van der Waals surface area contributed by atoms with Gasteiger partial charge in [-0.15, -0.1) is 0 Å². The number of pyridine rings is 1. The van der Waals surface area contributed by atoms with Gasteiger partial charge in [-0.1, -0.05) is 12.1 Å². The van der Waals surface area contributed by atoms with E-state index >= 15 is 0 Å². The van der Waals surface area contributed by atoms with Gasteiger partial charge in [-0.05, 0) is 86.9 Å². The van der Waals surface area contributed by atoms with Crippen molar-refractivity contribution in [1.29, 1.82) is 0 Å². The zero-order valence-corrected chi connectivity index (χ0v) is 18.6. The highest BCUT2D eigenvalue weighted by atomic mass is 32.1. The zero-order valence-electron chi connectivity index (χ0n) is 17.8. The van der Waals surface area contributed by atoms with Crippen LogP contribution >= 0.6 is 12.2 Å². The average Bonchev–Trinajstić information content (AvgIpc) is 3.01. The highest BCUT2D eigenvalue weighted by Gasteiger charge is 2.35. The van der Waals surface area contributed by atoms with Gasteiger partial charge in [0.15, 0.2) is 5.11 Å². The summed E-state index contributed by atoms with van der Waals surface area (Å²) in [5, 5.41) is 2.75. The molecule has 0 saturated carbocycles. The molecule has 7 heteroatoms. The third kappa shape index (κ3) is 3.68. The molecule has 1 saturated heterocycles. The van der Waals surface area contributed by atoms with Crippen LogP contribution in [0.15, 0.2) is 54.4 Å². The van der Waals surface area contributed by atoms with Crippen molar-refractivity contribution >= 4 is 40.9 Å². The number of carbonyl (C=O) groups is 2. The van der Waals surface area contributed by atoms with Crippen LogP contribution in [0.25, 0.3) is 11.8 Å². The molecule has 3 aromatic rings. The van der Waals surface area contributed by atoms with E-state index in [0.717, 1.165) is 33.8 Å². The molecule has 2 amide bonds. The van der Waals surface area contributed by atoms with Crippen molar-refractivity contribution in [1.82, 2.24) is 14.9 Å². The van der Waals surface area contributed by atoms with Gasteiger partial charge in [0.05, 0.1) is 17.6 Å². The van der Waals surface area contributed by atoms with E-state index in [1.807, 2.05) is 68.7 Å². The van der Waals surface area contributed by atoms with E-state index in [1.165, 1.54) is 4.90 Å². The second-order valence-electron chi connectivity index (χ2n) is 7.62. The zero-order chi connectivity index (χ0) is 22.3. The molecule has 0 atom stereocenters. The summed E-state index contributed by atoms with van der Waals surface area (Å²) >= 11 is 5.33. The fourth-order valence-corrected chi connectivity index (χ4v) is 4.08. The number of carbonyl (C=O) groups excluding carboxylic acids is 2. The van der Waals surface area contributed by atoms with Gasteiger partial charge in [0.2, 0.25) is 0 Å². The molecule has 1 fully saturated rings. The number of nitrogens with one attached hydrogen (secondary N) is 1. The molecule has 1 aliphatic heterocycles. The second-order valence-corrected chi connectivity index (χ2v) is 8.01. The molecule has 1 N–H and O–H groups in total. The van der Waals surface area contributed by atoms with E-state index in [1.54, 1.807) is 18.5 Å². The number of benzene rings is 1. The third-order valence-corrected chi connectivity index (χ3v) is 5.67. The van der Waals surface area contributed by atoms with Crippen molar-refractivity contribution in [2.75, 3.05) is 4.90 Å². The standard InChI is InChI=1S/C24H22N4O2S/c1-14-7-8-15(2)21(10-14)28-23(30)20(22(29)26-24(28)31)12-18-11-16(3)27(17(18)4)19-6-5-9-25-13-19/h5-13H,1-4H3,(H,26,29,31)/b20-12+. The SMILES string of the molecule is Cc1ccc(C)c(N2C(=O)/C(=C/c3cc(C)n(-c4cccnc4)c3C)C(=O)NC2=S)c1. The van der Waals surface area contributed by atoms with Crippen LogP contribution in [-0.4, -0.2) is 26.5 Å². The lowest BCUT2D eigenvalue weighted by Gasteiger charge is -2.30. The number of rotatable bonds is 3. The van der Waals surface area contributed by atoms with E-state index in [9.17, 15) is 9.59 Å². The van der Waals surface area contributed by atoms with Crippen LogP contribution in [0.3, 0.4) is 0 Å². The van der Waals surface area contributed by atoms with E-state index in [0.29, 0.717) is 5.69 Å². The van der Waals surface area contributed by atoms with Gasteiger partial charge < -0.3 is 4.57 Å². The number of aromatic nitrogens is 2. The molecule has 0 unspecified atom stereocenters. The van der Waals surface area contributed by atoms with Crippen molar-refractivity contribution in [3.63, 3.8) is 0 Å². The smallest absolute Gasteiger partial charge is 0.270 e. The number of thiocarbonyl (C=S) groups is 1. The van der Waals surface area contributed by atoms with Crippen LogP contribution in [0.1, 0.15) is 28.1 Å². The highest BCUT2D eigenvalue weighted by Crippen LogP contribution is 2.28. The van der Waals surface area contributed by atoms with Crippen LogP contribution in [0.5, 0.6) is 0 Å². The summed E-state index contributed by atoms with van der Waals surface area (Å²) in [6.45, 7) is 7.78. The lowest BCUT2D eigenvalue weighted by molar-refractivity contribution is -0.122. The monoisotopic (exact) mass is 430 g/mol. The molecule has 156 valence electrons. The number of amides is 2. The van der Waals surface area contributed by atoms with Crippen molar-refractivity contribution in [2.24, 2.45) is 0 Å². The molecule has 0 bridgehead atoms. The molecule has 1 aliphatic rings. The number of hydrogen-bond donors (Lipinski definition) is 1. The first kappa shape index (κ1) is 20.7. The fourth-order valence-electron chi connectivity index (χ4n) is 3.81. The van der Waals surface area contributed by atoms with Gasteiger partial charge in [-0.2, -0.15) is 0 Å². The van der Waals surface area contributed by atoms with Gasteiger partial charge in [0.25, 0.3) is 11.8 Å². The third-order valence-electron chi connectivity index (χ3n) is 5.38. The van der Waals surface area contributed by atoms with Gasteiger partial charge in [0, 0.05) is 17.6 Å². The summed E-state index contributed by atoms with van der Waals surface area (Å²) in [5.74, 6) is -0.934.